The minimum atomic E-state index is -0.552. The maximum atomic E-state index is 12.3. The number of aromatic nitrogens is 1. The third-order valence-electron chi connectivity index (χ3n) is 3.19. The Morgan fingerprint density at radius 3 is 2.78 bits per heavy atom. The van der Waals surface area contributed by atoms with E-state index in [1.165, 1.54) is 23.5 Å². The van der Waals surface area contributed by atoms with Crippen LogP contribution < -0.4 is 5.32 Å². The summed E-state index contributed by atoms with van der Waals surface area (Å²) in [6, 6.07) is 8.43. The lowest BCUT2D eigenvalue weighted by molar-refractivity contribution is -0.385. The van der Waals surface area contributed by atoms with Crippen LogP contribution in [0.4, 0.5) is 11.5 Å². The van der Waals surface area contributed by atoms with Crippen LogP contribution in [0.2, 0.25) is 5.02 Å². The molecule has 8 heteroatoms. The maximum Gasteiger partial charge on any atom is 0.287 e. The number of fused-ring (bicyclic) bond motifs is 1. The van der Waals surface area contributed by atoms with Gasteiger partial charge >= 0.3 is 0 Å². The topological polar surface area (TPSA) is 85.1 Å². The summed E-state index contributed by atoms with van der Waals surface area (Å²) in [6.07, 6.45) is 1.09. The number of benzene rings is 1. The third-order valence-corrected chi connectivity index (χ3v) is 4.85. The first-order valence-corrected chi connectivity index (χ1v) is 7.75. The zero-order chi connectivity index (χ0) is 16.6. The summed E-state index contributed by atoms with van der Waals surface area (Å²) in [4.78, 5) is 26.6. The summed E-state index contributed by atoms with van der Waals surface area (Å²) in [5.74, 6) is -0.166. The fraction of sp³-hybridized carbons (Fsp3) is 0.0667. The van der Waals surface area contributed by atoms with Crippen LogP contribution in [0.3, 0.4) is 0 Å². The van der Waals surface area contributed by atoms with E-state index in [9.17, 15) is 14.9 Å². The molecule has 1 aromatic carbocycles. The zero-order valence-electron chi connectivity index (χ0n) is 11.9. The number of hydrogen-bond acceptors (Lipinski definition) is 5. The number of thiophene rings is 1. The minimum absolute atomic E-state index is 0.140. The van der Waals surface area contributed by atoms with Crippen molar-refractivity contribution in [1.29, 1.82) is 0 Å². The van der Waals surface area contributed by atoms with Gasteiger partial charge in [-0.25, -0.2) is 4.98 Å². The minimum Gasteiger partial charge on any atom is -0.306 e. The van der Waals surface area contributed by atoms with Crippen LogP contribution in [0.5, 0.6) is 0 Å². The Labute approximate surface area is 139 Å². The van der Waals surface area contributed by atoms with E-state index in [2.05, 4.69) is 10.3 Å². The number of nitrogens with one attached hydrogen (secondary N) is 1. The Morgan fingerprint density at radius 2 is 2.13 bits per heavy atom. The Hall–Kier alpha value is -2.51. The van der Waals surface area contributed by atoms with Gasteiger partial charge in [0.05, 0.1) is 9.95 Å². The molecule has 3 rings (SSSR count). The van der Waals surface area contributed by atoms with E-state index in [0.29, 0.717) is 9.90 Å². The van der Waals surface area contributed by atoms with Gasteiger partial charge in [0.2, 0.25) is 0 Å². The average Bonchev–Trinajstić information content (AvgIpc) is 2.84. The predicted molar refractivity (Wildman–Crippen MR) is 90.4 cm³/mol. The number of carbonyl (C=O) groups is 1. The van der Waals surface area contributed by atoms with E-state index < -0.39 is 10.8 Å². The molecule has 2 aromatic heterocycles. The van der Waals surface area contributed by atoms with Gasteiger partial charge in [0.25, 0.3) is 11.6 Å². The number of aryl methyl sites for hydroxylation is 1. The fourth-order valence-electron chi connectivity index (χ4n) is 2.06. The molecule has 1 N–H and O–H groups in total. The lowest BCUT2D eigenvalue weighted by Gasteiger charge is -2.02. The van der Waals surface area contributed by atoms with Gasteiger partial charge < -0.3 is 5.32 Å². The van der Waals surface area contributed by atoms with E-state index in [0.717, 1.165) is 21.8 Å². The summed E-state index contributed by atoms with van der Waals surface area (Å²) in [5.41, 5.74) is 0.942. The molecule has 0 saturated carbocycles. The molecule has 0 aliphatic heterocycles. The van der Waals surface area contributed by atoms with Gasteiger partial charge in [-0.05, 0) is 24.6 Å². The van der Waals surface area contributed by atoms with Crippen molar-refractivity contribution in [2.45, 2.75) is 6.92 Å². The second-order valence-electron chi connectivity index (χ2n) is 4.86. The van der Waals surface area contributed by atoms with E-state index >= 15 is 0 Å². The number of rotatable bonds is 3. The highest BCUT2D eigenvalue weighted by atomic mass is 35.5. The number of nitrogens with zero attached hydrogens (tertiary/aromatic N) is 2. The first kappa shape index (κ1) is 15.4. The Balaban J connectivity index is 1.88. The van der Waals surface area contributed by atoms with Crippen molar-refractivity contribution < 1.29 is 9.72 Å². The highest BCUT2D eigenvalue weighted by Crippen LogP contribution is 2.36. The summed E-state index contributed by atoms with van der Waals surface area (Å²) < 4.78 is 0.928. The van der Waals surface area contributed by atoms with Crippen LogP contribution in [0.1, 0.15) is 15.2 Å². The molecule has 6 nitrogen and oxygen atoms in total. The Kier molecular flexibility index (Phi) is 3.97. The van der Waals surface area contributed by atoms with Crippen molar-refractivity contribution in [1.82, 2.24) is 4.98 Å². The summed E-state index contributed by atoms with van der Waals surface area (Å²) >= 11 is 7.57. The van der Waals surface area contributed by atoms with Gasteiger partial charge in [0.1, 0.15) is 16.9 Å². The summed E-state index contributed by atoms with van der Waals surface area (Å²) in [7, 11) is 0. The SMILES string of the molecule is Cc1ccc2c(Cl)c(C(=O)Nc3ccc([N+](=O)[O-])cn3)sc2c1. The quantitative estimate of drug-likeness (QED) is 0.561. The molecule has 0 atom stereocenters. The number of halogens is 1. The number of pyridine rings is 1. The molecule has 0 aliphatic rings. The maximum absolute atomic E-state index is 12.3. The molecule has 116 valence electrons. The first-order chi connectivity index (χ1) is 11.0. The van der Waals surface area contributed by atoms with Gasteiger partial charge in [0.15, 0.2) is 0 Å². The normalized spacial score (nSPS) is 10.7. The lowest BCUT2D eigenvalue weighted by Crippen LogP contribution is -2.11. The summed E-state index contributed by atoms with van der Waals surface area (Å²) in [6.45, 7) is 1.97. The second kappa shape index (κ2) is 5.94. The number of carbonyl (C=O) groups excluding carboxylic acids is 1. The van der Waals surface area contributed by atoms with Crippen LogP contribution in [-0.2, 0) is 0 Å². The number of nitro groups is 1. The Morgan fingerprint density at radius 1 is 1.35 bits per heavy atom. The van der Waals surface area contributed by atoms with Gasteiger partial charge in [0, 0.05) is 16.2 Å². The molecule has 0 spiro atoms. The number of hydrogen-bond donors (Lipinski definition) is 1. The van der Waals surface area contributed by atoms with Crippen LogP contribution in [0, 0.1) is 17.0 Å². The molecule has 3 aromatic rings. The van der Waals surface area contributed by atoms with E-state index in [-0.39, 0.29) is 11.5 Å². The van der Waals surface area contributed by atoms with Gasteiger partial charge in [-0.15, -0.1) is 11.3 Å². The van der Waals surface area contributed by atoms with Crippen molar-refractivity contribution >= 4 is 50.4 Å². The van der Waals surface area contributed by atoms with Crippen molar-refractivity contribution in [3.63, 3.8) is 0 Å². The molecule has 0 aliphatic carbocycles. The molecule has 0 fully saturated rings. The van der Waals surface area contributed by atoms with Crippen LogP contribution in [0.25, 0.3) is 10.1 Å². The fourth-order valence-corrected chi connectivity index (χ4v) is 3.57. The second-order valence-corrected chi connectivity index (χ2v) is 6.29. The molecule has 2 heterocycles. The largest absolute Gasteiger partial charge is 0.306 e. The molecule has 0 bridgehead atoms. The number of amides is 1. The van der Waals surface area contributed by atoms with E-state index in [4.69, 9.17) is 11.6 Å². The summed E-state index contributed by atoms with van der Waals surface area (Å²) in [5, 5.41) is 14.4. The van der Waals surface area contributed by atoms with Crippen molar-refractivity contribution in [2.24, 2.45) is 0 Å². The van der Waals surface area contributed by atoms with Gasteiger partial charge in [-0.1, -0.05) is 23.7 Å². The first-order valence-electron chi connectivity index (χ1n) is 6.56. The van der Waals surface area contributed by atoms with Crippen LogP contribution in [0.15, 0.2) is 36.5 Å². The standard InChI is InChI=1S/C15H10ClN3O3S/c1-8-2-4-10-11(6-8)23-14(13(10)16)15(20)18-12-5-3-9(7-17-12)19(21)22/h2-7H,1H3,(H,17,18,20). The highest BCUT2D eigenvalue weighted by molar-refractivity contribution is 7.21. The average molecular weight is 348 g/mol. The van der Waals surface area contributed by atoms with Crippen molar-refractivity contribution in [3.05, 3.63) is 62.1 Å². The van der Waals surface area contributed by atoms with Gasteiger partial charge in [-0.3, -0.25) is 14.9 Å². The van der Waals surface area contributed by atoms with Gasteiger partial charge in [-0.2, -0.15) is 0 Å². The lowest BCUT2D eigenvalue weighted by atomic mass is 10.2. The molecular weight excluding hydrogens is 338 g/mol. The predicted octanol–water partition coefficient (Wildman–Crippen LogP) is 4.42. The third kappa shape index (κ3) is 3.01. The molecule has 0 saturated heterocycles. The van der Waals surface area contributed by atoms with Crippen molar-refractivity contribution in [2.75, 3.05) is 5.32 Å². The zero-order valence-corrected chi connectivity index (χ0v) is 13.4. The molecule has 0 radical (unpaired) electrons. The molecule has 23 heavy (non-hydrogen) atoms. The highest BCUT2D eigenvalue weighted by Gasteiger charge is 2.18. The Bertz CT molecular complexity index is 922. The molecule has 1 amide bonds. The monoisotopic (exact) mass is 347 g/mol. The van der Waals surface area contributed by atoms with E-state index in [1.807, 2.05) is 25.1 Å². The van der Waals surface area contributed by atoms with E-state index in [1.54, 1.807) is 0 Å². The van der Waals surface area contributed by atoms with Crippen molar-refractivity contribution in [3.8, 4) is 0 Å². The smallest absolute Gasteiger partial charge is 0.287 e. The van der Waals surface area contributed by atoms with Crippen LogP contribution >= 0.6 is 22.9 Å². The number of anilines is 1. The molecule has 0 unspecified atom stereocenters. The van der Waals surface area contributed by atoms with Crippen LogP contribution in [-0.4, -0.2) is 15.8 Å². The molecular formula is C15H10ClN3O3S.